The zero-order chi connectivity index (χ0) is 27.8. The molecule has 2 N–H and O–H groups in total. The Morgan fingerprint density at radius 1 is 0.784 bits per heavy atom. The van der Waals surface area contributed by atoms with E-state index in [1.54, 1.807) is 6.92 Å². The van der Waals surface area contributed by atoms with Gasteiger partial charge in [0.15, 0.2) is 0 Å². The molecule has 1 rings (SSSR count). The van der Waals surface area contributed by atoms with E-state index in [4.69, 9.17) is 4.74 Å². The lowest BCUT2D eigenvalue weighted by atomic mass is 9.71. The number of hydrogen-bond donors (Lipinski definition) is 2. The molecule has 7 heteroatoms. The summed E-state index contributed by atoms with van der Waals surface area (Å²) in [7, 11) is 0. The quantitative estimate of drug-likeness (QED) is 0.0869. The monoisotopic (exact) mass is 524 g/mol. The summed E-state index contributed by atoms with van der Waals surface area (Å²) in [6, 6.07) is 0. The molecule has 1 saturated heterocycles. The molecule has 0 aromatic carbocycles. The van der Waals surface area contributed by atoms with Crippen LogP contribution in [0.25, 0.3) is 0 Å². The maximum absolute atomic E-state index is 12.6. The second-order valence-electron chi connectivity index (χ2n) is 11.4. The average Bonchev–Trinajstić information content (AvgIpc) is 3.08. The highest BCUT2D eigenvalue weighted by Gasteiger charge is 2.46. The lowest BCUT2D eigenvalue weighted by Gasteiger charge is -2.31. The number of carboxylic acids is 2. The molecule has 0 radical (unpaired) electrons. The number of rotatable bonds is 22. The van der Waals surface area contributed by atoms with E-state index in [9.17, 15) is 29.4 Å². The highest BCUT2D eigenvalue weighted by Crippen LogP contribution is 2.39. The van der Waals surface area contributed by atoms with Gasteiger partial charge in [0.1, 0.15) is 0 Å². The number of cyclic esters (lactones) is 2. The van der Waals surface area contributed by atoms with E-state index in [1.807, 2.05) is 6.92 Å². The van der Waals surface area contributed by atoms with Crippen molar-refractivity contribution in [3.63, 3.8) is 0 Å². The van der Waals surface area contributed by atoms with Crippen LogP contribution in [0.1, 0.15) is 130 Å². The van der Waals surface area contributed by atoms with Crippen LogP contribution in [0.15, 0.2) is 0 Å². The molecule has 0 aromatic heterocycles. The SMILES string of the molecule is CCCCCCCCC(C)CC(C(=O)O)C(C(=O)O)C(CCCCCCCC)CC1C(=O)OC(=O)C1C. The molecular weight excluding hydrogens is 472 g/mol. The molecule has 7 nitrogen and oxygen atoms in total. The maximum atomic E-state index is 12.6. The van der Waals surface area contributed by atoms with Crippen LogP contribution in [0.5, 0.6) is 0 Å². The number of carbonyl (C=O) groups excluding carboxylic acids is 2. The minimum absolute atomic E-state index is 0.0979. The van der Waals surface area contributed by atoms with Gasteiger partial charge < -0.3 is 14.9 Å². The third-order valence-electron chi connectivity index (χ3n) is 8.21. The molecule has 214 valence electrons. The van der Waals surface area contributed by atoms with Gasteiger partial charge in [0, 0.05) is 0 Å². The maximum Gasteiger partial charge on any atom is 0.317 e. The largest absolute Gasteiger partial charge is 0.481 e. The fraction of sp³-hybridized carbons (Fsp3) is 0.867. The van der Waals surface area contributed by atoms with Crippen molar-refractivity contribution in [3.8, 4) is 0 Å². The highest BCUT2D eigenvalue weighted by molar-refractivity contribution is 5.96. The van der Waals surface area contributed by atoms with Crippen molar-refractivity contribution in [3.05, 3.63) is 0 Å². The number of ether oxygens (including phenoxy) is 1. The number of aliphatic carboxylic acids is 2. The summed E-state index contributed by atoms with van der Waals surface area (Å²) < 4.78 is 4.81. The number of carbonyl (C=O) groups is 4. The first kappa shape index (κ1) is 33.1. The van der Waals surface area contributed by atoms with Crippen molar-refractivity contribution in [2.24, 2.45) is 35.5 Å². The van der Waals surface area contributed by atoms with Gasteiger partial charge in [-0.05, 0) is 31.1 Å². The lowest BCUT2D eigenvalue weighted by molar-refractivity contribution is -0.158. The first-order chi connectivity index (χ1) is 17.6. The second-order valence-corrected chi connectivity index (χ2v) is 11.4. The van der Waals surface area contributed by atoms with Crippen LogP contribution in [0, 0.1) is 35.5 Å². The molecule has 0 amide bonds. The van der Waals surface area contributed by atoms with Gasteiger partial charge in [0.25, 0.3) is 0 Å². The molecule has 1 fully saturated rings. The first-order valence-electron chi connectivity index (χ1n) is 14.8. The molecule has 0 bridgehead atoms. The molecule has 6 unspecified atom stereocenters. The van der Waals surface area contributed by atoms with Gasteiger partial charge in [-0.25, -0.2) is 0 Å². The fourth-order valence-electron chi connectivity index (χ4n) is 5.82. The fourth-order valence-corrected chi connectivity index (χ4v) is 5.82. The topological polar surface area (TPSA) is 118 Å². The van der Waals surface area contributed by atoms with E-state index in [-0.39, 0.29) is 12.3 Å². The molecule has 0 aromatic rings. The van der Waals surface area contributed by atoms with Crippen molar-refractivity contribution >= 4 is 23.9 Å². The Hall–Kier alpha value is -1.92. The Morgan fingerprint density at radius 2 is 1.30 bits per heavy atom. The van der Waals surface area contributed by atoms with Crippen molar-refractivity contribution < 1.29 is 34.1 Å². The summed E-state index contributed by atoms with van der Waals surface area (Å²) >= 11 is 0. The molecule has 1 heterocycles. The number of unbranched alkanes of at least 4 members (excludes halogenated alkanes) is 10. The molecular formula is C30H52O7. The van der Waals surface area contributed by atoms with Crippen molar-refractivity contribution in [2.75, 3.05) is 0 Å². The molecule has 6 atom stereocenters. The van der Waals surface area contributed by atoms with Gasteiger partial charge in [-0.3, -0.25) is 19.2 Å². The predicted molar refractivity (Wildman–Crippen MR) is 144 cm³/mol. The van der Waals surface area contributed by atoms with Crippen molar-refractivity contribution in [2.45, 2.75) is 130 Å². The van der Waals surface area contributed by atoms with Crippen LogP contribution in [0.3, 0.4) is 0 Å². The van der Waals surface area contributed by atoms with E-state index in [0.29, 0.717) is 12.8 Å². The van der Waals surface area contributed by atoms with Crippen LogP contribution in [0.2, 0.25) is 0 Å². The Bertz CT molecular complexity index is 704. The molecule has 1 aliphatic rings. The summed E-state index contributed by atoms with van der Waals surface area (Å²) in [5.41, 5.74) is 0. The second kappa shape index (κ2) is 18.4. The van der Waals surface area contributed by atoms with Gasteiger partial charge in [-0.2, -0.15) is 0 Å². The minimum Gasteiger partial charge on any atom is -0.481 e. The van der Waals surface area contributed by atoms with E-state index >= 15 is 0 Å². The van der Waals surface area contributed by atoms with Crippen LogP contribution >= 0.6 is 0 Å². The Kier molecular flexibility index (Phi) is 16.4. The summed E-state index contributed by atoms with van der Waals surface area (Å²) in [6.45, 7) is 7.97. The number of hydrogen-bond acceptors (Lipinski definition) is 5. The summed E-state index contributed by atoms with van der Waals surface area (Å²) in [5, 5.41) is 20.4. The minimum atomic E-state index is -1.12. The van der Waals surface area contributed by atoms with Crippen LogP contribution < -0.4 is 0 Å². The van der Waals surface area contributed by atoms with E-state index in [2.05, 4.69) is 13.8 Å². The number of esters is 2. The zero-order valence-corrected chi connectivity index (χ0v) is 23.7. The van der Waals surface area contributed by atoms with Crippen LogP contribution in [-0.4, -0.2) is 34.1 Å². The van der Waals surface area contributed by atoms with Gasteiger partial charge in [-0.1, -0.05) is 111 Å². The highest BCUT2D eigenvalue weighted by atomic mass is 16.6. The third kappa shape index (κ3) is 12.0. The van der Waals surface area contributed by atoms with Gasteiger partial charge >= 0.3 is 23.9 Å². The van der Waals surface area contributed by atoms with E-state index in [1.165, 1.54) is 25.7 Å². The molecule has 0 aliphatic carbocycles. The van der Waals surface area contributed by atoms with Gasteiger partial charge in [0.05, 0.1) is 23.7 Å². The number of carboxylic acid groups (broad SMARTS) is 2. The summed E-state index contributed by atoms with van der Waals surface area (Å²) in [4.78, 5) is 49.3. The Morgan fingerprint density at radius 3 is 1.76 bits per heavy atom. The standard InChI is InChI=1S/C30H52O7/c1-5-7-9-11-13-15-17-21(3)19-25(27(31)32)26(28(33)34)23(18-16-14-12-10-8-6-2)20-24-22(4)29(35)37-30(24)36/h21-26H,5-20H2,1-4H3,(H,31,32)(H,33,34). The normalized spacial score (nSPS) is 20.9. The third-order valence-corrected chi connectivity index (χ3v) is 8.21. The predicted octanol–water partition coefficient (Wildman–Crippen LogP) is 7.26. The summed E-state index contributed by atoms with van der Waals surface area (Å²) in [6.07, 6.45) is 15.0. The molecule has 1 aliphatic heterocycles. The molecule has 0 spiro atoms. The van der Waals surface area contributed by atoms with Gasteiger partial charge in [-0.15, -0.1) is 0 Å². The first-order valence-corrected chi connectivity index (χ1v) is 14.8. The van der Waals surface area contributed by atoms with Crippen LogP contribution in [0.4, 0.5) is 0 Å². The lowest BCUT2D eigenvalue weighted by Crippen LogP contribution is -2.38. The summed E-state index contributed by atoms with van der Waals surface area (Å²) in [5.74, 6) is -7.29. The average molecular weight is 525 g/mol. The van der Waals surface area contributed by atoms with Crippen LogP contribution in [-0.2, 0) is 23.9 Å². The van der Waals surface area contributed by atoms with E-state index < -0.39 is 53.5 Å². The Labute approximate surface area is 224 Å². The van der Waals surface area contributed by atoms with Crippen molar-refractivity contribution in [1.82, 2.24) is 0 Å². The van der Waals surface area contributed by atoms with Crippen molar-refractivity contribution in [1.29, 1.82) is 0 Å². The van der Waals surface area contributed by atoms with Gasteiger partial charge in [0.2, 0.25) is 0 Å². The molecule has 0 saturated carbocycles. The zero-order valence-electron chi connectivity index (χ0n) is 23.7. The Balaban J connectivity index is 2.96. The van der Waals surface area contributed by atoms with E-state index in [0.717, 1.165) is 57.8 Å². The molecule has 37 heavy (non-hydrogen) atoms. The smallest absolute Gasteiger partial charge is 0.317 e.